The summed E-state index contributed by atoms with van der Waals surface area (Å²) in [6, 6.07) is 0. The second-order valence-electron chi connectivity index (χ2n) is 3.21. The highest BCUT2D eigenvalue weighted by atomic mass is 16.1. The van der Waals surface area contributed by atoms with E-state index in [1.165, 1.54) is 0 Å². The van der Waals surface area contributed by atoms with Gasteiger partial charge in [0.05, 0.1) is 0 Å². The summed E-state index contributed by atoms with van der Waals surface area (Å²) in [5.41, 5.74) is 5.38. The van der Waals surface area contributed by atoms with E-state index in [0.29, 0.717) is 18.1 Å². The van der Waals surface area contributed by atoms with Crippen molar-refractivity contribution in [1.29, 1.82) is 0 Å². The topological polar surface area (TPSA) is 43.1 Å². The summed E-state index contributed by atoms with van der Waals surface area (Å²) in [7, 11) is 0. The van der Waals surface area contributed by atoms with Gasteiger partial charge in [-0.1, -0.05) is 20.3 Å². The lowest BCUT2D eigenvalue weighted by molar-refractivity contribution is -0.122. The van der Waals surface area contributed by atoms with Gasteiger partial charge in [0.15, 0.2) is 0 Å². The molecule has 0 spiro atoms. The van der Waals surface area contributed by atoms with Gasteiger partial charge in [-0.3, -0.25) is 4.79 Å². The highest BCUT2D eigenvalue weighted by molar-refractivity contribution is 5.80. The van der Waals surface area contributed by atoms with E-state index in [-0.39, 0.29) is 0 Å². The fraction of sp³-hybridized carbons (Fsp3) is 0.900. The van der Waals surface area contributed by atoms with Crippen molar-refractivity contribution in [2.75, 3.05) is 6.54 Å². The second-order valence-corrected chi connectivity index (χ2v) is 3.21. The first-order valence-corrected chi connectivity index (χ1v) is 4.99. The Kier molecular flexibility index (Phi) is 7.06. The molecule has 0 aliphatic heterocycles. The lowest BCUT2D eigenvalue weighted by Gasteiger charge is -2.11. The smallest absolute Gasteiger partial charge is 0.135 e. The maximum atomic E-state index is 11.3. The SMILES string of the molecule is CCC(=O)C(CC)CCCCN. The van der Waals surface area contributed by atoms with Gasteiger partial charge in [0.25, 0.3) is 0 Å². The maximum absolute atomic E-state index is 11.3. The first-order chi connectivity index (χ1) is 5.76. The number of ketones is 1. The molecule has 0 aliphatic carbocycles. The Hall–Kier alpha value is -0.370. The first kappa shape index (κ1) is 11.6. The number of nitrogens with two attached hydrogens (primary N) is 1. The van der Waals surface area contributed by atoms with Gasteiger partial charge >= 0.3 is 0 Å². The minimum absolute atomic E-state index is 0.293. The van der Waals surface area contributed by atoms with Crippen molar-refractivity contribution in [1.82, 2.24) is 0 Å². The van der Waals surface area contributed by atoms with E-state index in [9.17, 15) is 4.79 Å². The number of carbonyl (C=O) groups excluding carboxylic acids is 1. The Bertz CT molecular complexity index is 123. The van der Waals surface area contributed by atoms with Gasteiger partial charge in [0.1, 0.15) is 5.78 Å². The molecule has 0 bridgehead atoms. The van der Waals surface area contributed by atoms with Crippen molar-refractivity contribution < 1.29 is 4.79 Å². The van der Waals surface area contributed by atoms with E-state index >= 15 is 0 Å². The molecule has 1 unspecified atom stereocenters. The number of hydrogen-bond donors (Lipinski definition) is 1. The van der Waals surface area contributed by atoms with E-state index in [2.05, 4.69) is 6.92 Å². The van der Waals surface area contributed by atoms with Gasteiger partial charge in [-0.25, -0.2) is 0 Å². The summed E-state index contributed by atoms with van der Waals surface area (Å²) in [4.78, 5) is 11.3. The van der Waals surface area contributed by atoms with Crippen LogP contribution >= 0.6 is 0 Å². The fourth-order valence-electron chi connectivity index (χ4n) is 1.42. The zero-order chi connectivity index (χ0) is 9.40. The Balaban J connectivity index is 3.60. The number of hydrogen-bond acceptors (Lipinski definition) is 2. The summed E-state index contributed by atoms with van der Waals surface area (Å²) in [5.74, 6) is 0.705. The Morgan fingerprint density at radius 3 is 2.42 bits per heavy atom. The molecular weight excluding hydrogens is 150 g/mol. The first-order valence-electron chi connectivity index (χ1n) is 4.99. The van der Waals surface area contributed by atoms with Crippen LogP contribution in [0.1, 0.15) is 46.0 Å². The van der Waals surface area contributed by atoms with Crippen molar-refractivity contribution in [3.8, 4) is 0 Å². The largest absolute Gasteiger partial charge is 0.330 e. The van der Waals surface area contributed by atoms with Crippen molar-refractivity contribution in [3.05, 3.63) is 0 Å². The molecule has 0 amide bonds. The monoisotopic (exact) mass is 171 g/mol. The zero-order valence-corrected chi connectivity index (χ0v) is 8.31. The third-order valence-corrected chi connectivity index (χ3v) is 2.30. The average Bonchev–Trinajstić information content (AvgIpc) is 2.11. The predicted octanol–water partition coefficient (Wildman–Crippen LogP) is 2.12. The average molecular weight is 171 g/mol. The molecule has 0 fully saturated rings. The molecule has 2 heteroatoms. The van der Waals surface area contributed by atoms with Crippen LogP contribution in [0, 0.1) is 5.92 Å². The second kappa shape index (κ2) is 7.29. The van der Waals surface area contributed by atoms with Crippen LogP contribution in [0.25, 0.3) is 0 Å². The Morgan fingerprint density at radius 1 is 1.33 bits per heavy atom. The molecule has 0 aromatic rings. The number of rotatable bonds is 7. The maximum Gasteiger partial charge on any atom is 0.135 e. The minimum Gasteiger partial charge on any atom is -0.330 e. The van der Waals surface area contributed by atoms with E-state index in [1.54, 1.807) is 0 Å². The van der Waals surface area contributed by atoms with Gasteiger partial charge in [-0.05, 0) is 25.8 Å². The molecule has 12 heavy (non-hydrogen) atoms. The van der Waals surface area contributed by atoms with Crippen molar-refractivity contribution in [2.24, 2.45) is 11.7 Å². The van der Waals surface area contributed by atoms with Crippen molar-refractivity contribution in [2.45, 2.75) is 46.0 Å². The van der Waals surface area contributed by atoms with E-state index < -0.39 is 0 Å². The quantitative estimate of drug-likeness (QED) is 0.596. The molecule has 2 N–H and O–H groups in total. The normalized spacial score (nSPS) is 12.9. The third kappa shape index (κ3) is 4.50. The van der Waals surface area contributed by atoms with E-state index in [4.69, 9.17) is 5.73 Å². The lowest BCUT2D eigenvalue weighted by atomic mass is 9.93. The van der Waals surface area contributed by atoms with Crippen molar-refractivity contribution >= 4 is 5.78 Å². The molecule has 0 saturated heterocycles. The highest BCUT2D eigenvalue weighted by Gasteiger charge is 2.12. The van der Waals surface area contributed by atoms with Crippen LogP contribution < -0.4 is 5.73 Å². The molecule has 0 aromatic carbocycles. The fourth-order valence-corrected chi connectivity index (χ4v) is 1.42. The molecular formula is C10H21NO. The van der Waals surface area contributed by atoms with Crippen LogP contribution in [-0.4, -0.2) is 12.3 Å². The Labute approximate surface area is 75.5 Å². The molecule has 0 aromatic heterocycles. The van der Waals surface area contributed by atoms with E-state index in [0.717, 1.165) is 32.2 Å². The van der Waals surface area contributed by atoms with Crippen molar-refractivity contribution in [3.63, 3.8) is 0 Å². The van der Waals surface area contributed by atoms with Gasteiger partial charge in [0, 0.05) is 12.3 Å². The third-order valence-electron chi connectivity index (χ3n) is 2.30. The number of carbonyl (C=O) groups is 1. The molecule has 0 aliphatic rings. The van der Waals surface area contributed by atoms with Gasteiger partial charge in [-0.15, -0.1) is 0 Å². The molecule has 2 nitrogen and oxygen atoms in total. The lowest BCUT2D eigenvalue weighted by Crippen LogP contribution is -2.12. The van der Waals surface area contributed by atoms with E-state index in [1.807, 2.05) is 6.92 Å². The van der Waals surface area contributed by atoms with Crippen LogP contribution in [-0.2, 0) is 4.79 Å². The predicted molar refractivity (Wildman–Crippen MR) is 52.0 cm³/mol. The highest BCUT2D eigenvalue weighted by Crippen LogP contribution is 2.14. The minimum atomic E-state index is 0.293. The Morgan fingerprint density at radius 2 is 2.00 bits per heavy atom. The van der Waals surface area contributed by atoms with Crippen LogP contribution in [0.15, 0.2) is 0 Å². The summed E-state index contributed by atoms with van der Waals surface area (Å²) in [6.45, 7) is 4.77. The van der Waals surface area contributed by atoms with Gasteiger partial charge in [-0.2, -0.15) is 0 Å². The number of unbranched alkanes of at least 4 members (excludes halogenated alkanes) is 1. The molecule has 0 rings (SSSR count). The standard InChI is InChI=1S/C10H21NO/c1-3-9(10(12)4-2)7-5-6-8-11/h9H,3-8,11H2,1-2H3. The van der Waals surface area contributed by atoms with Gasteiger partial charge < -0.3 is 5.73 Å². The van der Waals surface area contributed by atoms with Crippen LogP contribution in [0.5, 0.6) is 0 Å². The summed E-state index contributed by atoms with van der Waals surface area (Å²) < 4.78 is 0. The summed E-state index contributed by atoms with van der Waals surface area (Å²) in [5, 5.41) is 0. The number of Topliss-reactive ketones (excluding diaryl/α,β-unsaturated/α-hetero) is 1. The summed E-state index contributed by atoms with van der Waals surface area (Å²) >= 11 is 0. The van der Waals surface area contributed by atoms with Crippen LogP contribution in [0.3, 0.4) is 0 Å². The molecule has 1 atom stereocenters. The van der Waals surface area contributed by atoms with Crippen LogP contribution in [0.2, 0.25) is 0 Å². The summed E-state index contributed by atoms with van der Waals surface area (Å²) in [6.07, 6.45) is 4.84. The van der Waals surface area contributed by atoms with Crippen LogP contribution in [0.4, 0.5) is 0 Å². The molecule has 0 saturated carbocycles. The zero-order valence-electron chi connectivity index (χ0n) is 8.31. The molecule has 72 valence electrons. The molecule has 0 radical (unpaired) electrons. The van der Waals surface area contributed by atoms with Gasteiger partial charge in [0.2, 0.25) is 0 Å². The molecule has 0 heterocycles.